The Morgan fingerprint density at radius 1 is 0.500 bits per heavy atom. The summed E-state index contributed by atoms with van der Waals surface area (Å²) in [6.07, 6.45) is -14.7. The van der Waals surface area contributed by atoms with Crippen LogP contribution in [-0.4, -0.2) is 0 Å². The lowest BCUT2D eigenvalue weighted by molar-refractivity contribution is -0.139. The van der Waals surface area contributed by atoms with Crippen LogP contribution in [0.15, 0.2) is 54.6 Å². The van der Waals surface area contributed by atoms with Crippen molar-refractivity contribution in [2.75, 3.05) is 11.5 Å². The Bertz CT molecular complexity index is 1200. The summed E-state index contributed by atoms with van der Waals surface area (Å²) < 4.78 is 129. The van der Waals surface area contributed by atoms with Crippen molar-refractivity contribution in [3.05, 3.63) is 71.3 Å². The van der Waals surface area contributed by atoms with Gasteiger partial charge in [-0.3, -0.25) is 0 Å². The topological polar surface area (TPSA) is 70.5 Å². The van der Waals surface area contributed by atoms with Gasteiger partial charge >= 0.3 is 18.5 Å². The van der Waals surface area contributed by atoms with Crippen molar-refractivity contribution in [1.29, 1.82) is 0 Å². The van der Waals surface area contributed by atoms with E-state index in [1.165, 1.54) is 0 Å². The SMILES string of the molecule is Nc1cc(Oc2ccc(Oc3cc(N)cc(C(F)(F)F)c3)c(C(F)(F)F)c2)cc(C(F)(F)F)c1. The van der Waals surface area contributed by atoms with Crippen LogP contribution < -0.4 is 20.9 Å². The predicted octanol–water partition coefficient (Wildman–Crippen LogP) is 7.49. The zero-order valence-corrected chi connectivity index (χ0v) is 16.6. The average molecular weight is 496 g/mol. The van der Waals surface area contributed by atoms with Crippen molar-refractivity contribution in [2.45, 2.75) is 18.5 Å². The van der Waals surface area contributed by atoms with E-state index in [1.807, 2.05) is 0 Å². The third-order valence-corrected chi connectivity index (χ3v) is 4.23. The molecule has 0 fully saturated rings. The normalized spacial score (nSPS) is 12.5. The molecule has 0 unspecified atom stereocenters. The first-order chi connectivity index (χ1) is 15.5. The van der Waals surface area contributed by atoms with Gasteiger partial charge in [-0.25, -0.2) is 0 Å². The van der Waals surface area contributed by atoms with Crippen LogP contribution in [-0.2, 0) is 18.5 Å². The Morgan fingerprint density at radius 3 is 1.41 bits per heavy atom. The molecule has 34 heavy (non-hydrogen) atoms. The summed E-state index contributed by atoms with van der Waals surface area (Å²) >= 11 is 0. The number of rotatable bonds is 4. The fourth-order valence-corrected chi connectivity index (χ4v) is 2.84. The zero-order valence-electron chi connectivity index (χ0n) is 16.6. The lowest BCUT2D eigenvalue weighted by Crippen LogP contribution is -2.09. The first-order valence-corrected chi connectivity index (χ1v) is 9.05. The second-order valence-corrected chi connectivity index (χ2v) is 6.94. The fraction of sp³-hybridized carbons (Fsp3) is 0.143. The third-order valence-electron chi connectivity index (χ3n) is 4.23. The second kappa shape index (κ2) is 8.54. The summed E-state index contributed by atoms with van der Waals surface area (Å²) in [5, 5.41) is 0. The average Bonchev–Trinajstić information content (AvgIpc) is 2.66. The molecule has 0 bridgehead atoms. The first kappa shape index (κ1) is 24.9. The van der Waals surface area contributed by atoms with Gasteiger partial charge in [-0.1, -0.05) is 0 Å². The summed E-state index contributed by atoms with van der Waals surface area (Å²) in [5.41, 5.74) is 6.17. The summed E-state index contributed by atoms with van der Waals surface area (Å²) in [6, 6.07) is 6.16. The highest BCUT2D eigenvalue weighted by Gasteiger charge is 2.36. The lowest BCUT2D eigenvalue weighted by Gasteiger charge is -2.17. The van der Waals surface area contributed by atoms with Crippen LogP contribution >= 0.6 is 0 Å². The van der Waals surface area contributed by atoms with E-state index in [0.29, 0.717) is 30.3 Å². The Balaban J connectivity index is 1.98. The largest absolute Gasteiger partial charge is 0.457 e. The maximum atomic E-state index is 13.6. The van der Waals surface area contributed by atoms with Crippen molar-refractivity contribution < 1.29 is 49.0 Å². The van der Waals surface area contributed by atoms with E-state index in [0.717, 1.165) is 24.3 Å². The van der Waals surface area contributed by atoms with Crippen molar-refractivity contribution in [1.82, 2.24) is 0 Å². The van der Waals surface area contributed by atoms with E-state index in [9.17, 15) is 39.5 Å². The fourth-order valence-electron chi connectivity index (χ4n) is 2.84. The molecule has 4 nitrogen and oxygen atoms in total. The minimum atomic E-state index is -5.06. The van der Waals surface area contributed by atoms with Crippen LogP contribution in [0.2, 0.25) is 0 Å². The number of ether oxygens (including phenoxy) is 2. The van der Waals surface area contributed by atoms with Gasteiger partial charge < -0.3 is 20.9 Å². The number of hydrogen-bond acceptors (Lipinski definition) is 4. The summed E-state index contributed by atoms with van der Waals surface area (Å²) in [7, 11) is 0. The maximum absolute atomic E-state index is 13.6. The second-order valence-electron chi connectivity index (χ2n) is 6.94. The molecule has 0 aromatic heterocycles. The molecule has 3 aromatic carbocycles. The number of anilines is 2. The number of nitrogens with two attached hydrogens (primary N) is 2. The van der Waals surface area contributed by atoms with Gasteiger partial charge in [0.05, 0.1) is 11.1 Å². The molecule has 4 N–H and O–H groups in total. The van der Waals surface area contributed by atoms with Crippen molar-refractivity contribution in [3.63, 3.8) is 0 Å². The van der Waals surface area contributed by atoms with Gasteiger partial charge in [0.15, 0.2) is 0 Å². The van der Waals surface area contributed by atoms with Crippen molar-refractivity contribution >= 4 is 11.4 Å². The molecule has 0 amide bonds. The Labute approximate surface area is 185 Å². The van der Waals surface area contributed by atoms with E-state index in [4.69, 9.17) is 20.9 Å². The molecule has 182 valence electrons. The predicted molar refractivity (Wildman–Crippen MR) is 103 cm³/mol. The Kier molecular flexibility index (Phi) is 6.24. The van der Waals surface area contributed by atoms with Crippen LogP contribution in [0.1, 0.15) is 16.7 Å². The van der Waals surface area contributed by atoms with Gasteiger partial charge in [0.1, 0.15) is 28.6 Å². The van der Waals surface area contributed by atoms with Gasteiger partial charge in [-0.2, -0.15) is 39.5 Å². The molecule has 0 aliphatic rings. The van der Waals surface area contributed by atoms with Gasteiger partial charge in [0.2, 0.25) is 0 Å². The molecule has 3 aromatic rings. The van der Waals surface area contributed by atoms with Crippen LogP contribution in [0.4, 0.5) is 50.9 Å². The highest BCUT2D eigenvalue weighted by Crippen LogP contribution is 2.43. The van der Waals surface area contributed by atoms with Gasteiger partial charge in [0.25, 0.3) is 0 Å². The van der Waals surface area contributed by atoms with E-state index >= 15 is 0 Å². The maximum Gasteiger partial charge on any atom is 0.420 e. The Hall–Kier alpha value is -3.77. The van der Waals surface area contributed by atoms with Gasteiger partial charge in [0, 0.05) is 23.5 Å². The molecule has 0 atom stereocenters. The minimum Gasteiger partial charge on any atom is -0.457 e. The molecule has 0 heterocycles. The molecular weight excluding hydrogens is 483 g/mol. The molecular formula is C21H13F9N2O2. The number of halogens is 9. The molecule has 0 spiro atoms. The summed E-state index contributed by atoms with van der Waals surface area (Å²) in [4.78, 5) is 0. The highest BCUT2D eigenvalue weighted by molar-refractivity contribution is 5.53. The van der Waals surface area contributed by atoms with Crippen LogP contribution in [0.25, 0.3) is 0 Å². The standard InChI is InChI=1S/C21H13F9N2O2/c22-19(23,24)10-3-12(31)7-15(5-10)33-14-1-2-18(17(9-14)21(28,29)30)34-16-6-11(20(25,26)27)4-13(32)8-16/h1-9H,31-32H2. The number of benzene rings is 3. The first-order valence-electron chi connectivity index (χ1n) is 9.05. The molecule has 3 rings (SSSR count). The zero-order chi connectivity index (χ0) is 25.5. The van der Waals surface area contributed by atoms with Gasteiger partial charge in [-0.05, 0) is 42.5 Å². The molecule has 0 aliphatic carbocycles. The van der Waals surface area contributed by atoms with Crippen molar-refractivity contribution in [3.8, 4) is 23.0 Å². The monoisotopic (exact) mass is 496 g/mol. The number of hydrogen-bond donors (Lipinski definition) is 2. The van der Waals surface area contributed by atoms with Crippen LogP contribution in [0, 0.1) is 0 Å². The van der Waals surface area contributed by atoms with E-state index in [-0.39, 0.29) is 5.69 Å². The van der Waals surface area contributed by atoms with Gasteiger partial charge in [-0.15, -0.1) is 0 Å². The number of alkyl halides is 9. The van der Waals surface area contributed by atoms with E-state index in [2.05, 4.69) is 0 Å². The molecule has 0 aliphatic heterocycles. The minimum absolute atomic E-state index is 0.344. The molecule has 0 radical (unpaired) electrons. The smallest absolute Gasteiger partial charge is 0.420 e. The quantitative estimate of drug-likeness (QED) is 0.290. The van der Waals surface area contributed by atoms with Crippen LogP contribution in [0.5, 0.6) is 23.0 Å². The molecule has 0 saturated heterocycles. The lowest BCUT2D eigenvalue weighted by atomic mass is 10.1. The summed E-state index contributed by atoms with van der Waals surface area (Å²) in [6.45, 7) is 0. The summed E-state index contributed by atoms with van der Waals surface area (Å²) in [5.74, 6) is -2.51. The third kappa shape index (κ3) is 5.97. The Morgan fingerprint density at radius 2 is 0.971 bits per heavy atom. The highest BCUT2D eigenvalue weighted by atomic mass is 19.4. The number of nitrogen functional groups attached to an aromatic ring is 2. The van der Waals surface area contributed by atoms with E-state index in [1.54, 1.807) is 0 Å². The molecule has 13 heteroatoms. The van der Waals surface area contributed by atoms with E-state index < -0.39 is 63.9 Å². The van der Waals surface area contributed by atoms with Crippen LogP contribution in [0.3, 0.4) is 0 Å². The van der Waals surface area contributed by atoms with Crippen molar-refractivity contribution in [2.24, 2.45) is 0 Å². The molecule has 0 saturated carbocycles.